The predicted molar refractivity (Wildman–Crippen MR) is 98.7 cm³/mol. The molecule has 1 aromatic rings. The second-order valence-electron chi connectivity index (χ2n) is 7.44. The number of aromatic hydroxyl groups is 1. The minimum absolute atomic E-state index is 0.0428. The lowest BCUT2D eigenvalue weighted by Gasteiger charge is -2.28. The molecule has 0 atom stereocenters. The summed E-state index contributed by atoms with van der Waals surface area (Å²) in [5.74, 6) is 2.07. The number of phenolic OH excluding ortho intramolecular Hbond substituents is 1. The second-order valence-corrected chi connectivity index (χ2v) is 7.44. The van der Waals surface area contributed by atoms with E-state index in [1.54, 1.807) is 18.2 Å². The summed E-state index contributed by atoms with van der Waals surface area (Å²) < 4.78 is 5.09. The molecule has 2 saturated carbocycles. The van der Waals surface area contributed by atoms with Crippen LogP contribution in [0.25, 0.3) is 0 Å². The third-order valence-corrected chi connectivity index (χ3v) is 5.55. The SMILES string of the molecule is COc1cc(CC(=O)NC2CCC(C=CC3CCC3)CC2)ccc1O. The van der Waals surface area contributed by atoms with Gasteiger partial charge in [0.2, 0.25) is 5.91 Å². The van der Waals surface area contributed by atoms with E-state index < -0.39 is 0 Å². The van der Waals surface area contributed by atoms with Crippen LogP contribution in [-0.4, -0.2) is 24.2 Å². The van der Waals surface area contributed by atoms with Gasteiger partial charge in [-0.05, 0) is 68.1 Å². The van der Waals surface area contributed by atoms with Gasteiger partial charge in [-0.2, -0.15) is 0 Å². The fourth-order valence-corrected chi connectivity index (χ4v) is 3.70. The molecule has 2 fully saturated rings. The molecule has 0 aromatic heterocycles. The number of ether oxygens (including phenoxy) is 1. The molecule has 2 N–H and O–H groups in total. The van der Waals surface area contributed by atoms with Gasteiger partial charge in [-0.1, -0.05) is 24.6 Å². The van der Waals surface area contributed by atoms with E-state index in [0.717, 1.165) is 24.3 Å². The third-order valence-electron chi connectivity index (χ3n) is 5.55. The van der Waals surface area contributed by atoms with E-state index in [4.69, 9.17) is 4.74 Å². The zero-order chi connectivity index (χ0) is 17.6. The number of hydrogen-bond acceptors (Lipinski definition) is 3. The van der Waals surface area contributed by atoms with Crippen molar-refractivity contribution in [1.82, 2.24) is 5.32 Å². The van der Waals surface area contributed by atoms with Gasteiger partial charge in [-0.15, -0.1) is 0 Å². The van der Waals surface area contributed by atoms with E-state index in [9.17, 15) is 9.90 Å². The molecule has 0 bridgehead atoms. The van der Waals surface area contributed by atoms with Gasteiger partial charge in [0.15, 0.2) is 11.5 Å². The van der Waals surface area contributed by atoms with E-state index in [1.807, 2.05) is 0 Å². The van der Waals surface area contributed by atoms with E-state index in [0.29, 0.717) is 24.1 Å². The van der Waals surface area contributed by atoms with Crippen LogP contribution in [0.5, 0.6) is 11.5 Å². The van der Waals surface area contributed by atoms with Crippen LogP contribution in [0.3, 0.4) is 0 Å². The van der Waals surface area contributed by atoms with E-state index in [2.05, 4.69) is 17.5 Å². The molecule has 1 aromatic carbocycles. The Hall–Kier alpha value is -1.97. The quantitative estimate of drug-likeness (QED) is 0.768. The molecule has 2 aliphatic carbocycles. The first-order valence-electron chi connectivity index (χ1n) is 9.47. The Morgan fingerprint density at radius 3 is 2.44 bits per heavy atom. The first-order chi connectivity index (χ1) is 12.1. The molecule has 0 spiro atoms. The number of nitrogens with one attached hydrogen (secondary N) is 1. The van der Waals surface area contributed by atoms with E-state index in [-0.39, 0.29) is 11.7 Å². The minimum atomic E-state index is 0.0428. The number of rotatable bonds is 6. The molecule has 2 aliphatic rings. The normalized spacial score (nSPS) is 24.0. The molecule has 0 aliphatic heterocycles. The molecule has 0 radical (unpaired) electrons. The Kier molecular flexibility index (Phi) is 6.00. The summed E-state index contributed by atoms with van der Waals surface area (Å²) in [6.07, 6.45) is 13.7. The molecule has 0 saturated heterocycles. The lowest BCUT2D eigenvalue weighted by Crippen LogP contribution is -2.38. The van der Waals surface area contributed by atoms with Crippen molar-refractivity contribution >= 4 is 5.91 Å². The zero-order valence-corrected chi connectivity index (χ0v) is 15.0. The van der Waals surface area contributed by atoms with Crippen LogP contribution in [0, 0.1) is 11.8 Å². The average molecular weight is 343 g/mol. The van der Waals surface area contributed by atoms with Crippen molar-refractivity contribution in [3.05, 3.63) is 35.9 Å². The number of benzene rings is 1. The summed E-state index contributed by atoms with van der Waals surface area (Å²) in [4.78, 5) is 12.3. The Labute approximate surface area is 150 Å². The fourth-order valence-electron chi connectivity index (χ4n) is 3.70. The largest absolute Gasteiger partial charge is 0.504 e. The van der Waals surface area contributed by atoms with Crippen molar-refractivity contribution < 1.29 is 14.6 Å². The van der Waals surface area contributed by atoms with Crippen LogP contribution in [0.1, 0.15) is 50.5 Å². The summed E-state index contributed by atoms with van der Waals surface area (Å²) in [6.45, 7) is 0. The highest BCUT2D eigenvalue weighted by atomic mass is 16.5. The van der Waals surface area contributed by atoms with Crippen LogP contribution in [0.2, 0.25) is 0 Å². The predicted octanol–water partition coefficient (Wildman–Crippen LogP) is 3.97. The summed E-state index contributed by atoms with van der Waals surface area (Å²) in [5.41, 5.74) is 0.851. The zero-order valence-electron chi connectivity index (χ0n) is 15.0. The van der Waals surface area contributed by atoms with Gasteiger partial charge < -0.3 is 15.2 Å². The Balaban J connectivity index is 1.42. The Morgan fingerprint density at radius 2 is 1.84 bits per heavy atom. The van der Waals surface area contributed by atoms with Crippen LogP contribution in [0.15, 0.2) is 30.4 Å². The maximum atomic E-state index is 12.3. The number of amides is 1. The van der Waals surface area contributed by atoms with Gasteiger partial charge in [0.05, 0.1) is 13.5 Å². The molecule has 4 heteroatoms. The lowest BCUT2D eigenvalue weighted by molar-refractivity contribution is -0.121. The number of carbonyl (C=O) groups is 1. The minimum Gasteiger partial charge on any atom is -0.504 e. The number of carbonyl (C=O) groups excluding carboxylic acids is 1. The molecule has 136 valence electrons. The number of hydrogen-bond donors (Lipinski definition) is 2. The number of allylic oxidation sites excluding steroid dienone is 2. The third kappa shape index (κ3) is 5.00. The van der Waals surface area contributed by atoms with Gasteiger partial charge in [0.25, 0.3) is 0 Å². The Bertz CT molecular complexity index is 614. The average Bonchev–Trinajstić information content (AvgIpc) is 2.56. The lowest BCUT2D eigenvalue weighted by atomic mass is 9.81. The van der Waals surface area contributed by atoms with Crippen LogP contribution in [-0.2, 0) is 11.2 Å². The topological polar surface area (TPSA) is 58.6 Å². The fraction of sp³-hybridized carbons (Fsp3) is 0.571. The molecular weight excluding hydrogens is 314 g/mol. The van der Waals surface area contributed by atoms with Crippen LogP contribution >= 0.6 is 0 Å². The van der Waals surface area contributed by atoms with Crippen molar-refractivity contribution in [3.63, 3.8) is 0 Å². The molecule has 0 unspecified atom stereocenters. The maximum Gasteiger partial charge on any atom is 0.224 e. The van der Waals surface area contributed by atoms with Gasteiger partial charge in [-0.25, -0.2) is 0 Å². The summed E-state index contributed by atoms with van der Waals surface area (Å²) in [7, 11) is 1.51. The Morgan fingerprint density at radius 1 is 1.16 bits per heavy atom. The summed E-state index contributed by atoms with van der Waals surface area (Å²) in [5, 5.41) is 12.8. The monoisotopic (exact) mass is 343 g/mol. The summed E-state index contributed by atoms with van der Waals surface area (Å²) in [6, 6.07) is 5.34. The van der Waals surface area contributed by atoms with Gasteiger partial charge in [0.1, 0.15) is 0 Å². The highest BCUT2D eigenvalue weighted by molar-refractivity contribution is 5.79. The van der Waals surface area contributed by atoms with E-state index >= 15 is 0 Å². The molecule has 1 amide bonds. The van der Waals surface area contributed by atoms with E-state index in [1.165, 1.54) is 39.2 Å². The van der Waals surface area contributed by atoms with Gasteiger partial charge >= 0.3 is 0 Å². The van der Waals surface area contributed by atoms with Crippen molar-refractivity contribution in [3.8, 4) is 11.5 Å². The van der Waals surface area contributed by atoms with Crippen molar-refractivity contribution in [1.29, 1.82) is 0 Å². The molecular formula is C21H29NO3. The van der Waals surface area contributed by atoms with Crippen molar-refractivity contribution in [2.24, 2.45) is 11.8 Å². The second kappa shape index (κ2) is 8.41. The highest BCUT2D eigenvalue weighted by Crippen LogP contribution is 2.31. The maximum absolute atomic E-state index is 12.3. The van der Waals surface area contributed by atoms with Crippen molar-refractivity contribution in [2.75, 3.05) is 7.11 Å². The first kappa shape index (κ1) is 17.8. The van der Waals surface area contributed by atoms with Gasteiger partial charge in [-0.3, -0.25) is 4.79 Å². The molecule has 4 nitrogen and oxygen atoms in total. The first-order valence-corrected chi connectivity index (χ1v) is 9.47. The smallest absolute Gasteiger partial charge is 0.224 e. The molecule has 25 heavy (non-hydrogen) atoms. The molecule has 0 heterocycles. The summed E-state index contributed by atoms with van der Waals surface area (Å²) >= 11 is 0. The number of phenols is 1. The van der Waals surface area contributed by atoms with Gasteiger partial charge in [0, 0.05) is 6.04 Å². The van der Waals surface area contributed by atoms with Crippen LogP contribution < -0.4 is 10.1 Å². The van der Waals surface area contributed by atoms with Crippen LogP contribution in [0.4, 0.5) is 0 Å². The highest BCUT2D eigenvalue weighted by Gasteiger charge is 2.22. The molecule has 3 rings (SSSR count). The standard InChI is InChI=1S/C21H29NO3/c1-25-20-13-17(9-12-19(20)23)14-21(24)22-18-10-7-16(8-11-18)6-5-15-3-2-4-15/h5-6,9,12-13,15-16,18,23H,2-4,7-8,10-11,14H2,1H3,(H,22,24). The number of methoxy groups -OCH3 is 1. The van der Waals surface area contributed by atoms with Crippen molar-refractivity contribution in [2.45, 2.75) is 57.4 Å².